The SMILES string of the molecule is COc1ccc(-n2ncc3c2C(CN)CCC3)cc1. The predicted octanol–water partition coefficient (Wildman–Crippen LogP) is 2.26. The molecule has 1 unspecified atom stereocenters. The lowest BCUT2D eigenvalue weighted by molar-refractivity contribution is 0.414. The van der Waals surface area contributed by atoms with Gasteiger partial charge in [0, 0.05) is 12.5 Å². The first-order valence-electron chi connectivity index (χ1n) is 6.74. The minimum Gasteiger partial charge on any atom is -0.497 e. The molecule has 0 amide bonds. The van der Waals surface area contributed by atoms with Crippen molar-refractivity contribution in [1.29, 1.82) is 0 Å². The summed E-state index contributed by atoms with van der Waals surface area (Å²) in [7, 11) is 1.68. The molecule has 0 spiro atoms. The fourth-order valence-corrected chi connectivity index (χ4v) is 2.85. The summed E-state index contributed by atoms with van der Waals surface area (Å²) in [5.41, 5.74) is 9.62. The molecule has 4 nitrogen and oxygen atoms in total. The maximum atomic E-state index is 5.91. The molecule has 1 heterocycles. The molecule has 19 heavy (non-hydrogen) atoms. The highest BCUT2D eigenvalue weighted by atomic mass is 16.5. The van der Waals surface area contributed by atoms with Crippen molar-refractivity contribution >= 4 is 0 Å². The van der Waals surface area contributed by atoms with Crippen LogP contribution in [-0.2, 0) is 6.42 Å². The number of hydrogen-bond donors (Lipinski definition) is 1. The first-order chi connectivity index (χ1) is 9.33. The second-order valence-electron chi connectivity index (χ2n) is 4.99. The van der Waals surface area contributed by atoms with Gasteiger partial charge in [-0.25, -0.2) is 4.68 Å². The van der Waals surface area contributed by atoms with Crippen LogP contribution >= 0.6 is 0 Å². The van der Waals surface area contributed by atoms with Gasteiger partial charge >= 0.3 is 0 Å². The maximum Gasteiger partial charge on any atom is 0.119 e. The van der Waals surface area contributed by atoms with E-state index in [1.165, 1.54) is 17.7 Å². The molecule has 0 radical (unpaired) electrons. The Balaban J connectivity index is 2.03. The average molecular weight is 257 g/mol. The van der Waals surface area contributed by atoms with E-state index in [9.17, 15) is 0 Å². The Morgan fingerprint density at radius 2 is 2.16 bits per heavy atom. The van der Waals surface area contributed by atoms with E-state index in [1.807, 2.05) is 35.1 Å². The van der Waals surface area contributed by atoms with Gasteiger partial charge in [0.2, 0.25) is 0 Å². The highest BCUT2D eigenvalue weighted by molar-refractivity contribution is 5.41. The van der Waals surface area contributed by atoms with Gasteiger partial charge in [-0.1, -0.05) is 0 Å². The van der Waals surface area contributed by atoms with Gasteiger partial charge in [-0.2, -0.15) is 5.10 Å². The number of hydrogen-bond acceptors (Lipinski definition) is 3. The molecule has 0 fully saturated rings. The second-order valence-corrected chi connectivity index (χ2v) is 4.99. The van der Waals surface area contributed by atoms with Crippen LogP contribution < -0.4 is 10.5 Å². The van der Waals surface area contributed by atoms with E-state index in [-0.39, 0.29) is 0 Å². The average Bonchev–Trinajstić information content (AvgIpc) is 2.91. The Bertz CT molecular complexity index is 559. The molecule has 2 aromatic rings. The largest absolute Gasteiger partial charge is 0.497 e. The summed E-state index contributed by atoms with van der Waals surface area (Å²) in [6, 6.07) is 8.00. The minimum atomic E-state index is 0.424. The lowest BCUT2D eigenvalue weighted by Crippen LogP contribution is -2.20. The van der Waals surface area contributed by atoms with Crippen molar-refractivity contribution in [3.05, 3.63) is 41.7 Å². The van der Waals surface area contributed by atoms with Gasteiger partial charge in [0.15, 0.2) is 0 Å². The summed E-state index contributed by atoms with van der Waals surface area (Å²) in [6.45, 7) is 0.689. The van der Waals surface area contributed by atoms with Crippen molar-refractivity contribution < 1.29 is 4.74 Å². The number of aryl methyl sites for hydroxylation is 1. The van der Waals surface area contributed by atoms with Crippen LogP contribution in [0.5, 0.6) is 5.75 Å². The predicted molar refractivity (Wildman–Crippen MR) is 74.8 cm³/mol. The van der Waals surface area contributed by atoms with Crippen LogP contribution in [0, 0.1) is 0 Å². The maximum absolute atomic E-state index is 5.91. The Morgan fingerprint density at radius 1 is 1.37 bits per heavy atom. The van der Waals surface area contributed by atoms with Crippen molar-refractivity contribution in [2.24, 2.45) is 5.73 Å². The number of nitrogens with zero attached hydrogens (tertiary/aromatic N) is 2. The van der Waals surface area contributed by atoms with Crippen LogP contribution in [0.25, 0.3) is 5.69 Å². The Morgan fingerprint density at radius 3 is 2.84 bits per heavy atom. The molecule has 1 aliphatic rings. The number of rotatable bonds is 3. The highest BCUT2D eigenvalue weighted by Gasteiger charge is 2.24. The third-order valence-corrected chi connectivity index (χ3v) is 3.87. The molecule has 1 aromatic heterocycles. The van der Waals surface area contributed by atoms with E-state index in [0.29, 0.717) is 12.5 Å². The molecule has 4 heteroatoms. The molecule has 2 N–H and O–H groups in total. The third-order valence-electron chi connectivity index (χ3n) is 3.87. The monoisotopic (exact) mass is 257 g/mol. The molecule has 0 saturated carbocycles. The highest BCUT2D eigenvalue weighted by Crippen LogP contribution is 2.32. The Hall–Kier alpha value is -1.81. The van der Waals surface area contributed by atoms with Gasteiger partial charge in [-0.05, 0) is 49.1 Å². The van der Waals surface area contributed by atoms with Gasteiger partial charge in [-0.3, -0.25) is 0 Å². The first kappa shape index (κ1) is 12.2. The van der Waals surface area contributed by atoms with Crippen molar-refractivity contribution in [3.8, 4) is 11.4 Å². The minimum absolute atomic E-state index is 0.424. The summed E-state index contributed by atoms with van der Waals surface area (Å²) >= 11 is 0. The van der Waals surface area contributed by atoms with Crippen LogP contribution in [0.1, 0.15) is 30.0 Å². The summed E-state index contributed by atoms with van der Waals surface area (Å²) in [5, 5.41) is 4.54. The van der Waals surface area contributed by atoms with Crippen LogP contribution in [0.15, 0.2) is 30.5 Å². The number of methoxy groups -OCH3 is 1. The molecule has 0 saturated heterocycles. The van der Waals surface area contributed by atoms with E-state index < -0.39 is 0 Å². The van der Waals surface area contributed by atoms with E-state index in [2.05, 4.69) is 5.10 Å². The van der Waals surface area contributed by atoms with Crippen LogP contribution in [0.4, 0.5) is 0 Å². The number of fused-ring (bicyclic) bond motifs is 1. The van der Waals surface area contributed by atoms with Crippen LogP contribution in [-0.4, -0.2) is 23.4 Å². The number of aromatic nitrogens is 2. The Labute approximate surface area is 113 Å². The van der Waals surface area contributed by atoms with Gasteiger partial charge in [0.25, 0.3) is 0 Å². The lowest BCUT2D eigenvalue weighted by atomic mass is 9.88. The number of benzene rings is 1. The molecular formula is C15H19N3O. The van der Waals surface area contributed by atoms with Gasteiger partial charge < -0.3 is 10.5 Å². The quantitative estimate of drug-likeness (QED) is 0.917. The molecule has 0 bridgehead atoms. The Kier molecular flexibility index (Phi) is 3.25. The zero-order valence-electron chi connectivity index (χ0n) is 11.2. The molecular weight excluding hydrogens is 238 g/mol. The molecule has 1 atom stereocenters. The number of ether oxygens (including phenoxy) is 1. The smallest absolute Gasteiger partial charge is 0.119 e. The van der Waals surface area contributed by atoms with Gasteiger partial charge in [0.1, 0.15) is 5.75 Å². The molecule has 1 aliphatic carbocycles. The summed E-state index contributed by atoms with van der Waals surface area (Å²) in [6.07, 6.45) is 5.47. The fourth-order valence-electron chi connectivity index (χ4n) is 2.85. The zero-order chi connectivity index (χ0) is 13.2. The molecule has 3 rings (SSSR count). The van der Waals surface area contributed by atoms with E-state index in [0.717, 1.165) is 24.3 Å². The number of nitrogens with two attached hydrogens (primary N) is 1. The van der Waals surface area contributed by atoms with Gasteiger partial charge in [-0.15, -0.1) is 0 Å². The summed E-state index contributed by atoms with van der Waals surface area (Å²) < 4.78 is 7.22. The van der Waals surface area contributed by atoms with Crippen molar-refractivity contribution in [1.82, 2.24) is 9.78 Å². The molecule has 0 aliphatic heterocycles. The standard InChI is InChI=1S/C15H19N3O/c1-19-14-7-5-13(6-8-14)18-15-11(9-16)3-2-4-12(15)10-17-18/h5-8,10-11H,2-4,9,16H2,1H3. The second kappa shape index (κ2) is 5.05. The fraction of sp³-hybridized carbons (Fsp3) is 0.400. The van der Waals surface area contributed by atoms with Gasteiger partial charge in [0.05, 0.1) is 24.7 Å². The van der Waals surface area contributed by atoms with Crippen LogP contribution in [0.3, 0.4) is 0 Å². The normalized spacial score (nSPS) is 18.1. The first-order valence-corrected chi connectivity index (χ1v) is 6.74. The molecule has 100 valence electrons. The van der Waals surface area contributed by atoms with E-state index >= 15 is 0 Å². The van der Waals surface area contributed by atoms with Crippen molar-refractivity contribution in [2.75, 3.05) is 13.7 Å². The molecule has 1 aromatic carbocycles. The summed E-state index contributed by atoms with van der Waals surface area (Å²) in [4.78, 5) is 0. The van der Waals surface area contributed by atoms with E-state index in [1.54, 1.807) is 7.11 Å². The summed E-state index contributed by atoms with van der Waals surface area (Å²) in [5.74, 6) is 1.29. The zero-order valence-corrected chi connectivity index (χ0v) is 11.2. The topological polar surface area (TPSA) is 53.1 Å². The van der Waals surface area contributed by atoms with E-state index in [4.69, 9.17) is 10.5 Å². The van der Waals surface area contributed by atoms with Crippen LogP contribution in [0.2, 0.25) is 0 Å². The third kappa shape index (κ3) is 2.12. The lowest BCUT2D eigenvalue weighted by Gasteiger charge is -2.23. The van der Waals surface area contributed by atoms with Crippen molar-refractivity contribution in [3.63, 3.8) is 0 Å². The van der Waals surface area contributed by atoms with Crippen molar-refractivity contribution in [2.45, 2.75) is 25.2 Å².